The van der Waals surface area contributed by atoms with E-state index in [1.165, 1.54) is 0 Å². The molecule has 4 nitrogen and oxygen atoms in total. The molecule has 0 saturated carbocycles. The topological polar surface area (TPSA) is 62.5 Å². The standard InChI is InChI=1S/C14H17NO3/c1-2-3-6-9-15-12-13(16)10-7-4-5-8-11(10)18-14(12)17/h4-5,7-8,15-16H,2-3,6,9H2,1H3. The van der Waals surface area contributed by atoms with Crippen LogP contribution in [0, 0.1) is 0 Å². The highest BCUT2D eigenvalue weighted by Crippen LogP contribution is 2.29. The third-order valence-electron chi connectivity index (χ3n) is 2.87. The maximum Gasteiger partial charge on any atom is 0.363 e. The number of fused-ring (bicyclic) bond motifs is 1. The molecule has 0 aliphatic heterocycles. The third kappa shape index (κ3) is 2.47. The van der Waals surface area contributed by atoms with Crippen molar-refractivity contribution in [3.63, 3.8) is 0 Å². The Hall–Kier alpha value is -1.97. The molecule has 2 aromatic rings. The molecule has 0 spiro atoms. The van der Waals surface area contributed by atoms with Gasteiger partial charge in [-0.25, -0.2) is 4.79 Å². The minimum Gasteiger partial charge on any atom is -0.505 e. The van der Waals surface area contributed by atoms with E-state index in [1.54, 1.807) is 24.3 Å². The first kappa shape index (κ1) is 12.5. The van der Waals surface area contributed by atoms with Crippen LogP contribution in [-0.4, -0.2) is 11.7 Å². The van der Waals surface area contributed by atoms with Crippen LogP contribution in [-0.2, 0) is 0 Å². The monoisotopic (exact) mass is 247 g/mol. The van der Waals surface area contributed by atoms with Crippen LogP contribution in [0.5, 0.6) is 5.75 Å². The smallest absolute Gasteiger partial charge is 0.363 e. The predicted molar refractivity (Wildman–Crippen MR) is 72.2 cm³/mol. The molecule has 96 valence electrons. The fourth-order valence-corrected chi connectivity index (χ4v) is 1.88. The van der Waals surface area contributed by atoms with Gasteiger partial charge in [0.05, 0.1) is 5.39 Å². The maximum atomic E-state index is 11.7. The lowest BCUT2D eigenvalue weighted by atomic mass is 10.2. The molecule has 0 radical (unpaired) electrons. The number of para-hydroxylation sites is 1. The summed E-state index contributed by atoms with van der Waals surface area (Å²) < 4.78 is 5.15. The first-order valence-electron chi connectivity index (χ1n) is 6.22. The Morgan fingerprint density at radius 3 is 2.83 bits per heavy atom. The Bertz CT molecular complexity index is 589. The lowest BCUT2D eigenvalue weighted by Gasteiger charge is -2.08. The van der Waals surface area contributed by atoms with Crippen LogP contribution in [0.4, 0.5) is 5.69 Å². The van der Waals surface area contributed by atoms with Crippen LogP contribution in [0.15, 0.2) is 33.5 Å². The number of hydrogen-bond acceptors (Lipinski definition) is 4. The average Bonchev–Trinajstić information content (AvgIpc) is 2.38. The average molecular weight is 247 g/mol. The van der Waals surface area contributed by atoms with Crippen molar-refractivity contribution >= 4 is 16.7 Å². The zero-order valence-corrected chi connectivity index (χ0v) is 10.4. The summed E-state index contributed by atoms with van der Waals surface area (Å²) in [5, 5.41) is 13.6. The van der Waals surface area contributed by atoms with E-state index in [2.05, 4.69) is 12.2 Å². The van der Waals surface area contributed by atoms with E-state index in [4.69, 9.17) is 4.42 Å². The van der Waals surface area contributed by atoms with Gasteiger partial charge in [-0.3, -0.25) is 0 Å². The Kier molecular flexibility index (Phi) is 3.87. The summed E-state index contributed by atoms with van der Waals surface area (Å²) in [4.78, 5) is 11.7. The van der Waals surface area contributed by atoms with Crippen molar-refractivity contribution in [3.05, 3.63) is 34.7 Å². The van der Waals surface area contributed by atoms with E-state index in [1.807, 2.05) is 0 Å². The number of anilines is 1. The second-order valence-corrected chi connectivity index (χ2v) is 4.24. The van der Waals surface area contributed by atoms with Gasteiger partial charge in [0.15, 0.2) is 11.4 Å². The minimum absolute atomic E-state index is 0.0293. The second-order valence-electron chi connectivity index (χ2n) is 4.24. The molecule has 1 heterocycles. The van der Waals surface area contributed by atoms with E-state index < -0.39 is 5.63 Å². The van der Waals surface area contributed by atoms with Gasteiger partial charge in [0.2, 0.25) is 0 Å². The van der Waals surface area contributed by atoms with Gasteiger partial charge in [0, 0.05) is 6.54 Å². The molecule has 0 atom stereocenters. The molecular weight excluding hydrogens is 230 g/mol. The van der Waals surface area contributed by atoms with Gasteiger partial charge in [-0.2, -0.15) is 0 Å². The molecule has 2 rings (SSSR count). The highest BCUT2D eigenvalue weighted by atomic mass is 16.4. The van der Waals surface area contributed by atoms with Crippen molar-refractivity contribution in [2.45, 2.75) is 26.2 Å². The summed E-state index contributed by atoms with van der Waals surface area (Å²) in [6.45, 7) is 2.77. The number of nitrogens with one attached hydrogen (secondary N) is 1. The van der Waals surface area contributed by atoms with Crippen LogP contribution in [0.2, 0.25) is 0 Å². The van der Waals surface area contributed by atoms with Gasteiger partial charge in [-0.1, -0.05) is 31.9 Å². The van der Waals surface area contributed by atoms with Gasteiger partial charge in [-0.15, -0.1) is 0 Å². The lowest BCUT2D eigenvalue weighted by molar-refractivity contribution is 0.471. The van der Waals surface area contributed by atoms with Crippen molar-refractivity contribution in [2.24, 2.45) is 0 Å². The molecule has 0 amide bonds. The number of unbranched alkanes of at least 4 members (excludes halogenated alkanes) is 2. The van der Waals surface area contributed by atoms with Crippen LogP contribution < -0.4 is 10.9 Å². The van der Waals surface area contributed by atoms with Crippen molar-refractivity contribution in [2.75, 3.05) is 11.9 Å². The number of aromatic hydroxyl groups is 1. The maximum absolute atomic E-state index is 11.7. The van der Waals surface area contributed by atoms with E-state index in [-0.39, 0.29) is 11.4 Å². The largest absolute Gasteiger partial charge is 0.505 e. The molecule has 0 bridgehead atoms. The number of hydrogen-bond donors (Lipinski definition) is 2. The molecule has 18 heavy (non-hydrogen) atoms. The number of benzene rings is 1. The molecule has 0 fully saturated rings. The lowest BCUT2D eigenvalue weighted by Crippen LogP contribution is -2.12. The van der Waals surface area contributed by atoms with E-state index in [0.29, 0.717) is 17.5 Å². The first-order valence-corrected chi connectivity index (χ1v) is 6.22. The van der Waals surface area contributed by atoms with Crippen molar-refractivity contribution < 1.29 is 9.52 Å². The van der Waals surface area contributed by atoms with Crippen molar-refractivity contribution in [1.82, 2.24) is 0 Å². The zero-order valence-electron chi connectivity index (χ0n) is 10.4. The summed E-state index contributed by atoms with van der Waals surface area (Å²) in [6, 6.07) is 6.95. The number of rotatable bonds is 5. The summed E-state index contributed by atoms with van der Waals surface area (Å²) >= 11 is 0. The predicted octanol–water partition coefficient (Wildman–Crippen LogP) is 3.10. The van der Waals surface area contributed by atoms with Crippen LogP contribution >= 0.6 is 0 Å². The van der Waals surface area contributed by atoms with Crippen LogP contribution in [0.1, 0.15) is 26.2 Å². The third-order valence-corrected chi connectivity index (χ3v) is 2.87. The highest BCUT2D eigenvalue weighted by Gasteiger charge is 2.12. The van der Waals surface area contributed by atoms with Gasteiger partial charge in [0.1, 0.15) is 5.58 Å². The van der Waals surface area contributed by atoms with Gasteiger partial charge < -0.3 is 14.8 Å². The Morgan fingerprint density at radius 2 is 2.06 bits per heavy atom. The summed E-state index contributed by atoms with van der Waals surface area (Å²) in [7, 11) is 0. The molecule has 0 aliphatic rings. The van der Waals surface area contributed by atoms with Crippen molar-refractivity contribution in [3.8, 4) is 5.75 Å². The molecule has 4 heteroatoms. The van der Waals surface area contributed by atoms with Crippen LogP contribution in [0.3, 0.4) is 0 Å². The van der Waals surface area contributed by atoms with Gasteiger partial charge >= 0.3 is 5.63 Å². The van der Waals surface area contributed by atoms with Gasteiger partial charge in [0.25, 0.3) is 0 Å². The molecule has 0 aliphatic carbocycles. The molecule has 0 saturated heterocycles. The van der Waals surface area contributed by atoms with E-state index in [0.717, 1.165) is 19.3 Å². The minimum atomic E-state index is -0.525. The van der Waals surface area contributed by atoms with Gasteiger partial charge in [-0.05, 0) is 18.6 Å². The highest BCUT2D eigenvalue weighted by molar-refractivity contribution is 5.87. The van der Waals surface area contributed by atoms with E-state index in [9.17, 15) is 9.90 Å². The Labute approximate surface area is 105 Å². The molecule has 1 aromatic carbocycles. The first-order chi connectivity index (χ1) is 8.74. The second kappa shape index (κ2) is 5.58. The fraction of sp³-hybridized carbons (Fsp3) is 0.357. The summed E-state index contributed by atoms with van der Waals surface area (Å²) in [6.07, 6.45) is 3.16. The Morgan fingerprint density at radius 1 is 1.28 bits per heavy atom. The Balaban J connectivity index is 2.30. The zero-order chi connectivity index (χ0) is 13.0. The normalized spacial score (nSPS) is 10.7. The SMILES string of the molecule is CCCCCNc1c(O)c2ccccc2oc1=O. The summed E-state index contributed by atoms with van der Waals surface area (Å²) in [5.41, 5.74) is 0.0339. The molecule has 1 aromatic heterocycles. The molecule has 0 unspecified atom stereocenters. The fourth-order valence-electron chi connectivity index (χ4n) is 1.88. The summed E-state index contributed by atoms with van der Waals surface area (Å²) in [5.74, 6) is -0.0293. The van der Waals surface area contributed by atoms with Crippen LogP contribution in [0.25, 0.3) is 11.0 Å². The van der Waals surface area contributed by atoms with E-state index >= 15 is 0 Å². The quantitative estimate of drug-likeness (QED) is 0.629. The molecular formula is C14H17NO3. The molecule has 2 N–H and O–H groups in total. The van der Waals surface area contributed by atoms with Crippen molar-refractivity contribution in [1.29, 1.82) is 0 Å².